The number of nitrogens with zero attached hydrogens (tertiary/aromatic N) is 1. The van der Waals surface area contributed by atoms with E-state index in [2.05, 4.69) is 11.2 Å². The van der Waals surface area contributed by atoms with Crippen LogP contribution in [0.3, 0.4) is 0 Å². The van der Waals surface area contributed by atoms with E-state index in [-0.39, 0.29) is 12.1 Å². The number of hydrogen-bond acceptors (Lipinski definition) is 2. The first-order chi connectivity index (χ1) is 7.56. The van der Waals surface area contributed by atoms with E-state index >= 15 is 0 Å². The standard InChI is InChI=1S/C11H16N2O3/c1-3-5-8(2)12-11(16)13-7-4-6-9(13)10(14)15/h1,8-9H,4-7H2,2H3,(H,12,16)(H,14,15)/t8?,9-/m1/s1. The summed E-state index contributed by atoms with van der Waals surface area (Å²) in [6, 6.07) is -1.17. The Morgan fingerprint density at radius 3 is 2.94 bits per heavy atom. The van der Waals surface area contributed by atoms with Gasteiger partial charge in [0.15, 0.2) is 0 Å². The summed E-state index contributed by atoms with van der Waals surface area (Å²) in [7, 11) is 0. The third-order valence-corrected chi connectivity index (χ3v) is 2.59. The van der Waals surface area contributed by atoms with Crippen LogP contribution in [-0.4, -0.2) is 40.6 Å². The van der Waals surface area contributed by atoms with Crippen LogP contribution in [0.1, 0.15) is 26.2 Å². The van der Waals surface area contributed by atoms with Crippen LogP contribution < -0.4 is 5.32 Å². The van der Waals surface area contributed by atoms with Gasteiger partial charge in [-0.15, -0.1) is 12.3 Å². The van der Waals surface area contributed by atoms with Gasteiger partial charge >= 0.3 is 12.0 Å². The maximum absolute atomic E-state index is 11.7. The van der Waals surface area contributed by atoms with Crippen molar-refractivity contribution in [2.75, 3.05) is 6.54 Å². The number of terminal acetylenes is 1. The number of carbonyl (C=O) groups is 2. The zero-order valence-electron chi connectivity index (χ0n) is 9.27. The number of amides is 2. The van der Waals surface area contributed by atoms with E-state index in [1.807, 2.05) is 0 Å². The van der Waals surface area contributed by atoms with Crippen LogP contribution in [0.2, 0.25) is 0 Å². The van der Waals surface area contributed by atoms with Crippen LogP contribution in [0.4, 0.5) is 4.79 Å². The molecule has 0 radical (unpaired) electrons. The fourth-order valence-corrected chi connectivity index (χ4v) is 1.79. The lowest BCUT2D eigenvalue weighted by atomic mass is 10.2. The van der Waals surface area contributed by atoms with E-state index < -0.39 is 12.0 Å². The minimum absolute atomic E-state index is 0.132. The highest BCUT2D eigenvalue weighted by Gasteiger charge is 2.34. The van der Waals surface area contributed by atoms with E-state index in [0.29, 0.717) is 19.4 Å². The fraction of sp³-hybridized carbons (Fsp3) is 0.636. The molecule has 1 aliphatic rings. The Labute approximate surface area is 94.8 Å². The van der Waals surface area contributed by atoms with Crippen LogP contribution in [-0.2, 0) is 4.79 Å². The molecular formula is C11H16N2O3. The summed E-state index contributed by atoms with van der Waals surface area (Å²) in [4.78, 5) is 24.0. The molecule has 1 unspecified atom stereocenters. The van der Waals surface area contributed by atoms with Crippen LogP contribution in [0.15, 0.2) is 0 Å². The van der Waals surface area contributed by atoms with Gasteiger partial charge in [0.25, 0.3) is 0 Å². The third kappa shape index (κ3) is 2.89. The largest absolute Gasteiger partial charge is 0.480 e. The van der Waals surface area contributed by atoms with Gasteiger partial charge in [-0.05, 0) is 19.8 Å². The molecule has 0 aliphatic carbocycles. The molecular weight excluding hydrogens is 208 g/mol. The highest BCUT2D eigenvalue weighted by molar-refractivity contribution is 5.83. The predicted octanol–water partition coefficient (Wildman–Crippen LogP) is 0.657. The third-order valence-electron chi connectivity index (χ3n) is 2.59. The Balaban J connectivity index is 2.53. The number of rotatable bonds is 3. The summed E-state index contributed by atoms with van der Waals surface area (Å²) in [5, 5.41) is 11.6. The molecule has 1 fully saturated rings. The monoisotopic (exact) mass is 224 g/mol. The van der Waals surface area contributed by atoms with Crippen molar-refractivity contribution in [1.82, 2.24) is 10.2 Å². The average molecular weight is 224 g/mol. The van der Waals surface area contributed by atoms with Gasteiger partial charge in [-0.3, -0.25) is 0 Å². The number of aliphatic carboxylic acids is 1. The SMILES string of the molecule is C#CCC(C)NC(=O)N1CCC[C@@H]1C(=O)O. The van der Waals surface area contributed by atoms with Gasteiger partial charge < -0.3 is 15.3 Å². The van der Waals surface area contributed by atoms with E-state index in [9.17, 15) is 9.59 Å². The van der Waals surface area contributed by atoms with Crippen molar-refractivity contribution >= 4 is 12.0 Å². The Hall–Kier alpha value is -1.70. The lowest BCUT2D eigenvalue weighted by Gasteiger charge is -2.23. The van der Waals surface area contributed by atoms with Gasteiger partial charge in [0.2, 0.25) is 0 Å². The summed E-state index contributed by atoms with van der Waals surface area (Å²) < 4.78 is 0. The molecule has 0 bridgehead atoms. The summed E-state index contributed by atoms with van der Waals surface area (Å²) in [5.41, 5.74) is 0. The highest BCUT2D eigenvalue weighted by atomic mass is 16.4. The highest BCUT2D eigenvalue weighted by Crippen LogP contribution is 2.17. The summed E-state index contributed by atoms with van der Waals surface area (Å²) >= 11 is 0. The first kappa shape index (κ1) is 12.4. The quantitative estimate of drug-likeness (QED) is 0.692. The number of hydrogen-bond donors (Lipinski definition) is 2. The summed E-state index contributed by atoms with van der Waals surface area (Å²) in [5.74, 6) is 1.50. The van der Waals surface area contributed by atoms with E-state index in [1.54, 1.807) is 6.92 Å². The smallest absolute Gasteiger partial charge is 0.326 e. The average Bonchev–Trinajstić information content (AvgIpc) is 2.65. The van der Waals surface area contributed by atoms with Crippen molar-refractivity contribution < 1.29 is 14.7 Å². The molecule has 1 saturated heterocycles. The maximum Gasteiger partial charge on any atom is 0.326 e. The number of urea groups is 1. The maximum atomic E-state index is 11.7. The number of carbonyl (C=O) groups excluding carboxylic acids is 1. The van der Waals surface area contributed by atoms with Crippen molar-refractivity contribution in [1.29, 1.82) is 0 Å². The molecule has 1 heterocycles. The number of nitrogens with one attached hydrogen (secondary N) is 1. The van der Waals surface area contributed by atoms with E-state index in [4.69, 9.17) is 11.5 Å². The van der Waals surface area contributed by atoms with Gasteiger partial charge in [0.05, 0.1) is 0 Å². The van der Waals surface area contributed by atoms with Crippen LogP contribution >= 0.6 is 0 Å². The Bertz CT molecular complexity index is 322. The topological polar surface area (TPSA) is 69.6 Å². The number of likely N-dealkylation sites (tertiary alicyclic amines) is 1. The molecule has 2 N–H and O–H groups in total. The molecule has 1 aliphatic heterocycles. The first-order valence-electron chi connectivity index (χ1n) is 5.29. The number of carboxylic acid groups (broad SMARTS) is 1. The second-order valence-electron chi connectivity index (χ2n) is 3.95. The van der Waals surface area contributed by atoms with Gasteiger partial charge in [-0.25, -0.2) is 9.59 Å². The molecule has 0 aromatic heterocycles. The lowest BCUT2D eigenvalue weighted by Crippen LogP contribution is -2.48. The van der Waals surface area contributed by atoms with E-state index in [0.717, 1.165) is 6.42 Å². The second kappa shape index (κ2) is 5.40. The van der Waals surface area contributed by atoms with Crippen molar-refractivity contribution in [3.8, 4) is 12.3 Å². The van der Waals surface area contributed by atoms with Crippen LogP contribution in [0.25, 0.3) is 0 Å². The van der Waals surface area contributed by atoms with Gasteiger partial charge in [0.1, 0.15) is 6.04 Å². The predicted molar refractivity (Wildman–Crippen MR) is 58.8 cm³/mol. The molecule has 2 atom stereocenters. The fourth-order valence-electron chi connectivity index (χ4n) is 1.79. The molecule has 0 aromatic rings. The van der Waals surface area contributed by atoms with Gasteiger partial charge in [-0.2, -0.15) is 0 Å². The number of carboxylic acids is 1. The molecule has 0 saturated carbocycles. The van der Waals surface area contributed by atoms with Crippen LogP contribution in [0.5, 0.6) is 0 Å². The Kier molecular flexibility index (Phi) is 4.18. The van der Waals surface area contributed by atoms with Gasteiger partial charge in [-0.1, -0.05) is 0 Å². The van der Waals surface area contributed by atoms with E-state index in [1.165, 1.54) is 4.90 Å². The first-order valence-corrected chi connectivity index (χ1v) is 5.29. The van der Waals surface area contributed by atoms with Crippen molar-refractivity contribution in [3.05, 3.63) is 0 Å². The van der Waals surface area contributed by atoms with Crippen molar-refractivity contribution in [2.45, 2.75) is 38.3 Å². The lowest BCUT2D eigenvalue weighted by molar-refractivity contribution is -0.141. The van der Waals surface area contributed by atoms with Gasteiger partial charge in [0, 0.05) is 19.0 Å². The Morgan fingerprint density at radius 2 is 2.38 bits per heavy atom. The minimum atomic E-state index is -0.947. The van der Waals surface area contributed by atoms with Crippen LogP contribution in [0, 0.1) is 12.3 Å². The molecule has 16 heavy (non-hydrogen) atoms. The summed E-state index contributed by atoms with van der Waals surface area (Å²) in [6.07, 6.45) is 6.82. The molecule has 0 aromatic carbocycles. The molecule has 2 amide bonds. The zero-order chi connectivity index (χ0) is 12.1. The second-order valence-corrected chi connectivity index (χ2v) is 3.95. The molecule has 5 heteroatoms. The summed E-state index contributed by atoms with van der Waals surface area (Å²) in [6.45, 7) is 2.29. The normalized spacial score (nSPS) is 21.2. The zero-order valence-corrected chi connectivity index (χ0v) is 9.27. The van der Waals surface area contributed by atoms with Crippen molar-refractivity contribution in [3.63, 3.8) is 0 Å². The molecule has 0 spiro atoms. The van der Waals surface area contributed by atoms with Crippen molar-refractivity contribution in [2.24, 2.45) is 0 Å². The Morgan fingerprint density at radius 1 is 1.69 bits per heavy atom. The molecule has 1 rings (SSSR count). The minimum Gasteiger partial charge on any atom is -0.480 e. The molecule has 88 valence electrons. The molecule has 5 nitrogen and oxygen atoms in total.